The Kier molecular flexibility index (Phi) is 11.1. The maximum absolute atomic E-state index is 4.30. The molecule has 0 aromatic carbocycles. The van der Waals surface area contributed by atoms with Crippen molar-refractivity contribution in [3.8, 4) is 0 Å². The molecule has 2 unspecified atom stereocenters. The van der Waals surface area contributed by atoms with Crippen molar-refractivity contribution < 1.29 is 0 Å². The summed E-state index contributed by atoms with van der Waals surface area (Å²) in [7, 11) is 1.82. The molecule has 2 atom stereocenters. The fourth-order valence-corrected chi connectivity index (χ4v) is 3.74. The van der Waals surface area contributed by atoms with Gasteiger partial charge in [-0.2, -0.15) is 0 Å². The molecular weight excluding hydrogens is 441 g/mol. The highest BCUT2D eigenvalue weighted by Gasteiger charge is 2.20. The van der Waals surface area contributed by atoms with Crippen LogP contribution < -0.4 is 10.6 Å². The Morgan fingerprint density at radius 1 is 1.19 bits per heavy atom. The lowest BCUT2D eigenvalue weighted by Gasteiger charge is -2.35. The molecule has 7 nitrogen and oxygen atoms in total. The van der Waals surface area contributed by atoms with Gasteiger partial charge in [-0.15, -0.1) is 34.2 Å². The molecule has 150 valence electrons. The van der Waals surface area contributed by atoms with Gasteiger partial charge < -0.3 is 20.1 Å². The molecule has 0 spiro atoms. The monoisotopic (exact) mass is 477 g/mol. The molecule has 1 saturated heterocycles. The minimum atomic E-state index is 0. The van der Waals surface area contributed by atoms with Crippen molar-refractivity contribution in [1.82, 2.24) is 30.3 Å². The second-order valence-corrected chi connectivity index (χ2v) is 7.28. The SMILES string of the molecule is CCc1nncn1CCNC(=NC)NCCCN1CC(C)CC(C)C1.I. The van der Waals surface area contributed by atoms with Crippen LogP contribution >= 0.6 is 24.0 Å². The van der Waals surface area contributed by atoms with E-state index in [1.54, 1.807) is 6.33 Å². The molecule has 0 saturated carbocycles. The minimum Gasteiger partial charge on any atom is -0.356 e. The van der Waals surface area contributed by atoms with Crippen molar-refractivity contribution in [1.29, 1.82) is 0 Å². The first-order valence-electron chi connectivity index (χ1n) is 9.65. The summed E-state index contributed by atoms with van der Waals surface area (Å²) in [6.07, 6.45) is 5.21. The lowest BCUT2D eigenvalue weighted by Crippen LogP contribution is -2.42. The molecule has 2 N–H and O–H groups in total. The van der Waals surface area contributed by atoms with Crippen LogP contribution in [0.15, 0.2) is 11.3 Å². The molecule has 0 radical (unpaired) electrons. The van der Waals surface area contributed by atoms with E-state index in [0.717, 1.165) is 56.1 Å². The average molecular weight is 477 g/mol. The number of nitrogens with one attached hydrogen (secondary N) is 2. The second-order valence-electron chi connectivity index (χ2n) is 7.28. The van der Waals surface area contributed by atoms with E-state index in [-0.39, 0.29) is 24.0 Å². The third kappa shape index (κ3) is 7.77. The Balaban J connectivity index is 0.00000338. The number of piperidine rings is 1. The summed E-state index contributed by atoms with van der Waals surface area (Å²) in [5.41, 5.74) is 0. The Bertz CT molecular complexity index is 521. The van der Waals surface area contributed by atoms with Crippen LogP contribution in [0.4, 0.5) is 0 Å². The quantitative estimate of drug-likeness (QED) is 0.260. The molecule has 26 heavy (non-hydrogen) atoms. The van der Waals surface area contributed by atoms with Crippen LogP contribution in [0.5, 0.6) is 0 Å². The molecule has 8 heteroatoms. The topological polar surface area (TPSA) is 70.4 Å². The van der Waals surface area contributed by atoms with Crippen LogP contribution in [-0.4, -0.2) is 65.4 Å². The number of guanidine groups is 1. The Morgan fingerprint density at radius 3 is 2.54 bits per heavy atom. The van der Waals surface area contributed by atoms with Crippen molar-refractivity contribution >= 4 is 29.9 Å². The van der Waals surface area contributed by atoms with Gasteiger partial charge in [-0.1, -0.05) is 20.8 Å². The minimum absolute atomic E-state index is 0. The van der Waals surface area contributed by atoms with Crippen LogP contribution in [0.2, 0.25) is 0 Å². The molecule has 2 rings (SSSR count). The normalized spacial score (nSPS) is 21.3. The molecule has 1 aliphatic rings. The number of hydrogen-bond donors (Lipinski definition) is 2. The van der Waals surface area contributed by atoms with Crippen LogP contribution in [0.3, 0.4) is 0 Å². The highest BCUT2D eigenvalue weighted by Crippen LogP contribution is 2.20. The number of aliphatic imine (C=N–C) groups is 1. The first kappa shape index (κ1) is 23.1. The van der Waals surface area contributed by atoms with E-state index < -0.39 is 0 Å². The number of hydrogen-bond acceptors (Lipinski definition) is 4. The lowest BCUT2D eigenvalue weighted by atomic mass is 9.92. The number of likely N-dealkylation sites (tertiary alicyclic amines) is 1. The Hall–Kier alpha value is -0.900. The lowest BCUT2D eigenvalue weighted by molar-refractivity contribution is 0.140. The van der Waals surface area contributed by atoms with E-state index in [1.807, 2.05) is 7.05 Å². The number of aryl methyl sites for hydroxylation is 1. The highest BCUT2D eigenvalue weighted by molar-refractivity contribution is 14.0. The van der Waals surface area contributed by atoms with Crippen LogP contribution in [0.1, 0.15) is 39.4 Å². The van der Waals surface area contributed by atoms with E-state index in [1.165, 1.54) is 26.1 Å². The van der Waals surface area contributed by atoms with E-state index >= 15 is 0 Å². The van der Waals surface area contributed by atoms with Gasteiger partial charge in [0, 0.05) is 46.2 Å². The largest absolute Gasteiger partial charge is 0.356 e. The van der Waals surface area contributed by atoms with E-state index in [0.29, 0.717) is 0 Å². The molecule has 1 aromatic heterocycles. The first-order valence-corrected chi connectivity index (χ1v) is 9.65. The third-order valence-electron chi connectivity index (χ3n) is 4.77. The zero-order valence-electron chi connectivity index (χ0n) is 16.7. The van der Waals surface area contributed by atoms with Gasteiger partial charge in [-0.3, -0.25) is 4.99 Å². The molecule has 1 aromatic rings. The van der Waals surface area contributed by atoms with Gasteiger partial charge in [0.1, 0.15) is 12.2 Å². The molecule has 0 bridgehead atoms. The van der Waals surface area contributed by atoms with Gasteiger partial charge >= 0.3 is 0 Å². The van der Waals surface area contributed by atoms with Crippen LogP contribution in [0.25, 0.3) is 0 Å². The maximum Gasteiger partial charge on any atom is 0.191 e. The molecular formula is C18H36IN7. The zero-order chi connectivity index (χ0) is 18.1. The summed E-state index contributed by atoms with van der Waals surface area (Å²) >= 11 is 0. The van der Waals surface area contributed by atoms with Gasteiger partial charge in [0.15, 0.2) is 5.96 Å². The summed E-state index contributed by atoms with van der Waals surface area (Å²) in [6.45, 7) is 13.1. The first-order chi connectivity index (χ1) is 12.1. The summed E-state index contributed by atoms with van der Waals surface area (Å²) in [6, 6.07) is 0. The van der Waals surface area contributed by atoms with Crippen molar-refractivity contribution in [2.24, 2.45) is 16.8 Å². The number of halogens is 1. The predicted octanol–water partition coefficient (Wildman–Crippen LogP) is 1.99. The molecule has 2 heterocycles. The van der Waals surface area contributed by atoms with E-state index in [9.17, 15) is 0 Å². The molecule has 1 fully saturated rings. The average Bonchev–Trinajstić information content (AvgIpc) is 3.03. The van der Waals surface area contributed by atoms with Gasteiger partial charge in [0.05, 0.1) is 0 Å². The van der Waals surface area contributed by atoms with Gasteiger partial charge in [-0.25, -0.2) is 0 Å². The Labute approximate surface area is 175 Å². The predicted molar refractivity (Wildman–Crippen MR) is 118 cm³/mol. The second kappa shape index (κ2) is 12.5. The molecule has 0 aliphatic carbocycles. The standard InChI is InChI=1S/C18H35N7.HI/c1-5-17-23-22-14-25(17)10-8-21-18(19-4)20-7-6-9-24-12-15(2)11-16(3)13-24;/h14-16H,5-13H2,1-4H3,(H2,19,20,21);1H. The summed E-state index contributed by atoms with van der Waals surface area (Å²) in [5, 5.41) is 14.8. The van der Waals surface area contributed by atoms with Crippen LogP contribution in [0, 0.1) is 11.8 Å². The van der Waals surface area contributed by atoms with E-state index in [4.69, 9.17) is 0 Å². The number of nitrogens with zero attached hydrogens (tertiary/aromatic N) is 5. The smallest absolute Gasteiger partial charge is 0.191 e. The van der Waals surface area contributed by atoms with Crippen molar-refractivity contribution in [2.75, 3.05) is 39.8 Å². The highest BCUT2D eigenvalue weighted by atomic mass is 127. The van der Waals surface area contributed by atoms with Crippen molar-refractivity contribution in [2.45, 2.75) is 46.6 Å². The fraction of sp³-hybridized carbons (Fsp3) is 0.833. The van der Waals surface area contributed by atoms with Crippen molar-refractivity contribution in [3.05, 3.63) is 12.2 Å². The zero-order valence-corrected chi connectivity index (χ0v) is 19.1. The molecule has 0 amide bonds. The van der Waals surface area contributed by atoms with Gasteiger partial charge in [0.2, 0.25) is 0 Å². The summed E-state index contributed by atoms with van der Waals surface area (Å²) in [5.74, 6) is 3.55. The van der Waals surface area contributed by atoms with Gasteiger partial charge in [-0.05, 0) is 31.2 Å². The van der Waals surface area contributed by atoms with Gasteiger partial charge in [0.25, 0.3) is 0 Å². The third-order valence-corrected chi connectivity index (χ3v) is 4.77. The number of aromatic nitrogens is 3. The number of rotatable bonds is 8. The summed E-state index contributed by atoms with van der Waals surface area (Å²) < 4.78 is 2.08. The Morgan fingerprint density at radius 2 is 1.88 bits per heavy atom. The molecule has 1 aliphatic heterocycles. The van der Waals surface area contributed by atoms with E-state index in [2.05, 4.69) is 56.1 Å². The maximum atomic E-state index is 4.30. The van der Waals surface area contributed by atoms with Crippen molar-refractivity contribution in [3.63, 3.8) is 0 Å². The fourth-order valence-electron chi connectivity index (χ4n) is 3.74. The van der Waals surface area contributed by atoms with Crippen LogP contribution in [-0.2, 0) is 13.0 Å². The summed E-state index contributed by atoms with van der Waals surface area (Å²) in [4.78, 5) is 6.90.